The van der Waals surface area contributed by atoms with E-state index in [2.05, 4.69) is 56.4 Å². The number of nitrogens with one attached hydrogen (secondary N) is 1. The van der Waals surface area contributed by atoms with Crippen molar-refractivity contribution in [3.05, 3.63) is 35.9 Å². The molecule has 2 bridgehead atoms. The fourth-order valence-corrected chi connectivity index (χ4v) is 8.45. The van der Waals surface area contributed by atoms with Crippen LogP contribution in [0.1, 0.15) is 90.5 Å². The van der Waals surface area contributed by atoms with Crippen LogP contribution in [0.25, 0.3) is 0 Å². The average molecular weight is 443 g/mol. The molecule has 32 heavy (non-hydrogen) atoms. The van der Waals surface area contributed by atoms with Crippen molar-refractivity contribution < 1.29 is 9.18 Å². The second-order valence-electron chi connectivity index (χ2n) is 13.0. The lowest BCUT2D eigenvalue weighted by molar-refractivity contribution is -0.113. The quantitative estimate of drug-likeness (QED) is 0.557. The number of hydrogen-bond acceptors (Lipinski definition) is 2. The Morgan fingerprint density at radius 1 is 1.00 bits per heavy atom. The van der Waals surface area contributed by atoms with Gasteiger partial charge in [-0.15, -0.1) is 0 Å². The number of halogens is 1. The number of amides is 1. The highest BCUT2D eigenvalue weighted by Gasteiger charge is 2.53. The molecule has 3 atom stereocenters. The summed E-state index contributed by atoms with van der Waals surface area (Å²) in [5, 5.41) is 2.80. The number of nitrogens with two attached hydrogens (primary N) is 1. The molecule has 0 heterocycles. The van der Waals surface area contributed by atoms with Crippen molar-refractivity contribution in [2.45, 2.75) is 102 Å². The molecule has 4 aliphatic rings. The highest BCUT2D eigenvalue weighted by atomic mass is 19.1. The molecule has 3 N–H and O–H groups in total. The second kappa shape index (κ2) is 8.74. The van der Waals surface area contributed by atoms with Crippen LogP contribution in [0.4, 0.5) is 4.39 Å². The lowest BCUT2D eigenvalue weighted by Gasteiger charge is -2.57. The van der Waals surface area contributed by atoms with Gasteiger partial charge in [0.1, 0.15) is 0 Å². The molecule has 0 saturated heterocycles. The van der Waals surface area contributed by atoms with Gasteiger partial charge in [0.05, 0.1) is 6.67 Å². The SMILES string of the molecule is CC1(C)CC2CC(c3ccccc3)(C1)C[C@@](C)(CCF)C2.NC1CC2(C1)CC(NC=O)C2. The zero-order valence-corrected chi connectivity index (χ0v) is 20.3. The number of fused-ring (bicyclic) bond motifs is 2. The summed E-state index contributed by atoms with van der Waals surface area (Å²) in [6.07, 6.45) is 12.4. The van der Waals surface area contributed by atoms with E-state index in [0.29, 0.717) is 22.9 Å². The first-order chi connectivity index (χ1) is 15.1. The monoisotopic (exact) mass is 442 g/mol. The summed E-state index contributed by atoms with van der Waals surface area (Å²) in [6, 6.07) is 11.9. The van der Waals surface area contributed by atoms with Gasteiger partial charge < -0.3 is 11.1 Å². The standard InChI is InChI=1S/C20H29F.C8H14N2O/c1-18(2)11-16-12-19(3,9-10-21)15-20(13-16,14-18)17-7-5-4-6-8-17;9-6-1-8(2-6)3-7(4-8)10-5-11/h4-8,16H,9-15H2,1-3H3;5-7H,1-4,9H2,(H,10,11)/t16?,19-,20?;/m0./s1. The van der Waals surface area contributed by atoms with Gasteiger partial charge >= 0.3 is 0 Å². The molecular weight excluding hydrogens is 399 g/mol. The lowest BCUT2D eigenvalue weighted by Crippen LogP contribution is -2.58. The van der Waals surface area contributed by atoms with Gasteiger partial charge in [0.2, 0.25) is 6.41 Å². The van der Waals surface area contributed by atoms with Crippen molar-refractivity contribution in [1.29, 1.82) is 0 Å². The van der Waals surface area contributed by atoms with Crippen molar-refractivity contribution in [3.63, 3.8) is 0 Å². The minimum absolute atomic E-state index is 0.169. The van der Waals surface area contributed by atoms with Crippen LogP contribution in [0.2, 0.25) is 0 Å². The molecule has 4 heteroatoms. The zero-order chi connectivity index (χ0) is 23.0. The van der Waals surface area contributed by atoms with Crippen LogP contribution in [0.5, 0.6) is 0 Å². The predicted molar refractivity (Wildman–Crippen MR) is 129 cm³/mol. The summed E-state index contributed by atoms with van der Waals surface area (Å²) < 4.78 is 13.1. The number of carbonyl (C=O) groups is 1. The topological polar surface area (TPSA) is 55.1 Å². The van der Waals surface area contributed by atoms with E-state index in [0.717, 1.165) is 38.0 Å². The van der Waals surface area contributed by atoms with Gasteiger partial charge in [-0.05, 0) is 97.3 Å². The van der Waals surface area contributed by atoms with Crippen molar-refractivity contribution in [3.8, 4) is 0 Å². The molecule has 4 saturated carbocycles. The molecule has 5 rings (SSSR count). The molecular formula is C28H43FN2O. The minimum atomic E-state index is -0.169. The molecule has 1 aromatic rings. The largest absolute Gasteiger partial charge is 0.356 e. The number of rotatable bonds is 5. The van der Waals surface area contributed by atoms with Crippen LogP contribution in [-0.2, 0) is 10.2 Å². The van der Waals surface area contributed by atoms with Gasteiger partial charge in [-0.1, -0.05) is 51.1 Å². The van der Waals surface area contributed by atoms with Crippen LogP contribution < -0.4 is 11.1 Å². The summed E-state index contributed by atoms with van der Waals surface area (Å²) in [7, 11) is 0. The van der Waals surface area contributed by atoms with Gasteiger partial charge in [-0.3, -0.25) is 9.18 Å². The smallest absolute Gasteiger partial charge is 0.207 e. The summed E-state index contributed by atoms with van der Waals surface area (Å²) in [5.74, 6) is 0.763. The zero-order valence-electron chi connectivity index (χ0n) is 20.3. The van der Waals surface area contributed by atoms with Crippen LogP contribution in [0.15, 0.2) is 30.3 Å². The average Bonchev–Trinajstić information content (AvgIpc) is 2.64. The molecule has 4 aliphatic carbocycles. The van der Waals surface area contributed by atoms with E-state index in [4.69, 9.17) is 5.73 Å². The molecule has 0 radical (unpaired) electrons. The first-order valence-electron chi connectivity index (χ1n) is 12.7. The fraction of sp³-hybridized carbons (Fsp3) is 0.750. The molecule has 2 unspecified atom stereocenters. The number of alkyl halides is 1. The highest BCUT2D eigenvalue weighted by Crippen LogP contribution is 2.61. The Morgan fingerprint density at radius 3 is 2.28 bits per heavy atom. The van der Waals surface area contributed by atoms with Gasteiger partial charge in [-0.25, -0.2) is 0 Å². The Labute approximate surface area is 194 Å². The van der Waals surface area contributed by atoms with Gasteiger partial charge in [-0.2, -0.15) is 0 Å². The Morgan fingerprint density at radius 2 is 1.69 bits per heavy atom. The summed E-state index contributed by atoms with van der Waals surface area (Å²) in [6.45, 7) is 7.01. The summed E-state index contributed by atoms with van der Waals surface area (Å²) >= 11 is 0. The third kappa shape index (κ3) is 4.90. The first kappa shape index (κ1) is 23.7. The Balaban J connectivity index is 0.000000186. The van der Waals surface area contributed by atoms with Gasteiger partial charge in [0.25, 0.3) is 0 Å². The van der Waals surface area contributed by atoms with E-state index in [-0.39, 0.29) is 17.5 Å². The molecule has 0 aromatic heterocycles. The maximum Gasteiger partial charge on any atom is 0.207 e. The van der Waals surface area contributed by atoms with E-state index in [9.17, 15) is 9.18 Å². The van der Waals surface area contributed by atoms with E-state index in [1.54, 1.807) is 0 Å². The normalized spacial score (nSPS) is 41.5. The predicted octanol–water partition coefficient (Wildman–Crippen LogP) is 5.91. The lowest BCUT2D eigenvalue weighted by atomic mass is 9.47. The second-order valence-corrected chi connectivity index (χ2v) is 13.0. The van der Waals surface area contributed by atoms with Crippen LogP contribution in [-0.4, -0.2) is 25.2 Å². The molecule has 1 amide bonds. The Kier molecular flexibility index (Phi) is 6.48. The number of carbonyl (C=O) groups excluding carboxylic acids is 1. The highest BCUT2D eigenvalue weighted by molar-refractivity contribution is 5.47. The first-order valence-corrected chi connectivity index (χ1v) is 12.7. The molecule has 4 fully saturated rings. The molecule has 0 aliphatic heterocycles. The molecule has 3 nitrogen and oxygen atoms in total. The van der Waals surface area contributed by atoms with Gasteiger partial charge in [0, 0.05) is 12.1 Å². The fourth-order valence-electron chi connectivity index (χ4n) is 8.45. The molecule has 178 valence electrons. The molecule has 1 aromatic carbocycles. The van der Waals surface area contributed by atoms with Crippen molar-refractivity contribution in [2.24, 2.45) is 27.9 Å². The van der Waals surface area contributed by atoms with Crippen molar-refractivity contribution in [1.82, 2.24) is 5.32 Å². The third-order valence-electron chi connectivity index (χ3n) is 9.02. The van der Waals surface area contributed by atoms with Crippen LogP contribution in [0.3, 0.4) is 0 Å². The Bertz CT molecular complexity index is 782. The molecule has 1 spiro atoms. The van der Waals surface area contributed by atoms with E-state index < -0.39 is 0 Å². The maximum atomic E-state index is 13.1. The van der Waals surface area contributed by atoms with E-state index in [1.807, 2.05) is 0 Å². The van der Waals surface area contributed by atoms with Gasteiger partial charge in [0.15, 0.2) is 0 Å². The van der Waals surface area contributed by atoms with Crippen LogP contribution in [0, 0.1) is 22.2 Å². The number of benzene rings is 1. The Hall–Kier alpha value is -1.42. The van der Waals surface area contributed by atoms with Crippen molar-refractivity contribution >= 4 is 6.41 Å². The summed E-state index contributed by atoms with van der Waals surface area (Å²) in [5.41, 5.74) is 8.60. The van der Waals surface area contributed by atoms with Crippen molar-refractivity contribution in [2.75, 3.05) is 6.67 Å². The van der Waals surface area contributed by atoms with Crippen LogP contribution >= 0.6 is 0 Å². The number of hydrogen-bond donors (Lipinski definition) is 2. The van der Waals surface area contributed by atoms with E-state index >= 15 is 0 Å². The summed E-state index contributed by atoms with van der Waals surface area (Å²) in [4.78, 5) is 10.1. The maximum absolute atomic E-state index is 13.1. The van der Waals surface area contributed by atoms with E-state index in [1.165, 1.54) is 44.1 Å². The minimum Gasteiger partial charge on any atom is -0.356 e. The third-order valence-corrected chi connectivity index (χ3v) is 9.02.